The van der Waals surface area contributed by atoms with Gasteiger partial charge >= 0.3 is 0 Å². The quantitative estimate of drug-likeness (QED) is 0.608. The van der Waals surface area contributed by atoms with Gasteiger partial charge in [0.25, 0.3) is 5.91 Å². The Morgan fingerprint density at radius 1 is 1.15 bits per heavy atom. The molecule has 0 unspecified atom stereocenters. The molecule has 2 aliphatic heterocycles. The minimum absolute atomic E-state index is 0.0601. The third-order valence-electron chi connectivity index (χ3n) is 5.10. The van der Waals surface area contributed by atoms with Crippen molar-refractivity contribution in [2.45, 2.75) is 19.0 Å². The monoisotopic (exact) mass is 401 g/mol. The first-order chi connectivity index (χ1) is 12.5. The van der Waals surface area contributed by atoms with Crippen LogP contribution in [0.25, 0.3) is 10.9 Å². The first kappa shape index (κ1) is 16.1. The van der Waals surface area contributed by atoms with Crippen molar-refractivity contribution in [1.29, 1.82) is 0 Å². The number of thiocarbonyl (C=S) groups is 1. The number of hydrogen-bond donors (Lipinski definition) is 1. The van der Waals surface area contributed by atoms with E-state index in [0.717, 1.165) is 11.2 Å². The predicted molar refractivity (Wildman–Crippen MR) is 108 cm³/mol. The molecule has 2 aromatic carbocycles. The van der Waals surface area contributed by atoms with Crippen LogP contribution in [0.1, 0.15) is 11.3 Å². The van der Waals surface area contributed by atoms with Gasteiger partial charge in [-0.1, -0.05) is 41.4 Å². The number of nitrogens with one attached hydrogen (secondary N) is 1. The van der Waals surface area contributed by atoms with Crippen LogP contribution in [-0.4, -0.2) is 26.9 Å². The number of nitrogens with zero attached hydrogens (tertiary/aromatic N) is 2. The summed E-state index contributed by atoms with van der Waals surface area (Å²) in [4.78, 5) is 20.1. The lowest BCUT2D eigenvalue weighted by Gasteiger charge is -2.28. The number of rotatable bonds is 1. The van der Waals surface area contributed by atoms with E-state index in [4.69, 9.17) is 35.4 Å². The van der Waals surface area contributed by atoms with Crippen LogP contribution in [0.15, 0.2) is 42.5 Å². The van der Waals surface area contributed by atoms with Gasteiger partial charge in [0.05, 0.1) is 17.3 Å². The molecular formula is C19H13Cl2N3OS. The van der Waals surface area contributed by atoms with Gasteiger partial charge in [-0.15, -0.1) is 0 Å². The molecule has 1 atom stereocenters. The van der Waals surface area contributed by atoms with E-state index >= 15 is 0 Å². The van der Waals surface area contributed by atoms with Crippen molar-refractivity contribution in [3.63, 3.8) is 0 Å². The number of aromatic amines is 1. The number of hydrogen-bond acceptors (Lipinski definition) is 2. The van der Waals surface area contributed by atoms with E-state index in [2.05, 4.69) is 17.1 Å². The summed E-state index contributed by atoms with van der Waals surface area (Å²) in [5, 5.41) is 2.60. The van der Waals surface area contributed by atoms with Gasteiger partial charge < -0.3 is 9.88 Å². The first-order valence-electron chi connectivity index (χ1n) is 8.22. The number of benzene rings is 2. The summed E-state index contributed by atoms with van der Waals surface area (Å²) in [6, 6.07) is 12.9. The number of amides is 1. The highest BCUT2D eigenvalue weighted by molar-refractivity contribution is 7.80. The molecule has 3 heterocycles. The highest BCUT2D eigenvalue weighted by Crippen LogP contribution is 2.38. The number of anilines is 1. The van der Waals surface area contributed by atoms with Crippen LogP contribution in [-0.2, 0) is 17.8 Å². The number of halogens is 2. The van der Waals surface area contributed by atoms with E-state index in [-0.39, 0.29) is 11.9 Å². The van der Waals surface area contributed by atoms with Crippen LogP contribution in [0.2, 0.25) is 10.0 Å². The Kier molecular flexibility index (Phi) is 3.54. The standard InChI is InChI=1S/C19H13Cl2N3OS/c20-10-5-6-13(21)16(7-10)24-18(25)17-8-12-11-3-1-2-4-14(11)22-15(12)9-23(17)19(24)26/h1-7,17,22H,8-9H2/t17-/m1/s1. The maximum absolute atomic E-state index is 13.2. The predicted octanol–water partition coefficient (Wildman–Crippen LogP) is 4.53. The number of fused-ring (bicyclic) bond motifs is 4. The lowest BCUT2D eigenvalue weighted by Crippen LogP contribution is -2.39. The Bertz CT molecular complexity index is 1090. The average molecular weight is 402 g/mol. The van der Waals surface area contributed by atoms with Crippen molar-refractivity contribution >= 4 is 63.0 Å². The fraction of sp³-hybridized carbons (Fsp3) is 0.158. The summed E-state index contributed by atoms with van der Waals surface area (Å²) in [5.41, 5.74) is 3.93. The Hall–Kier alpha value is -2.08. The first-order valence-corrected chi connectivity index (χ1v) is 9.39. The SMILES string of the molecule is O=C1[C@H]2Cc3c([nH]c4ccccc34)CN2C(=S)N1c1cc(Cl)ccc1Cl. The third kappa shape index (κ3) is 2.21. The van der Waals surface area contributed by atoms with Crippen LogP contribution in [0.5, 0.6) is 0 Å². The van der Waals surface area contributed by atoms with Crippen molar-refractivity contribution in [2.75, 3.05) is 4.90 Å². The number of carbonyl (C=O) groups excluding carboxylic acids is 1. The van der Waals surface area contributed by atoms with Gasteiger partial charge in [-0.25, -0.2) is 0 Å². The third-order valence-corrected chi connectivity index (χ3v) is 6.07. The zero-order valence-corrected chi connectivity index (χ0v) is 15.8. The molecule has 2 aliphatic rings. The Morgan fingerprint density at radius 3 is 2.81 bits per heavy atom. The fourth-order valence-electron chi connectivity index (χ4n) is 3.88. The molecule has 0 spiro atoms. The molecule has 26 heavy (non-hydrogen) atoms. The number of H-pyrrole nitrogens is 1. The van der Waals surface area contributed by atoms with E-state index < -0.39 is 0 Å². The molecule has 1 aromatic heterocycles. The largest absolute Gasteiger partial charge is 0.357 e. The van der Waals surface area contributed by atoms with Crippen LogP contribution in [0.4, 0.5) is 5.69 Å². The van der Waals surface area contributed by atoms with Crippen LogP contribution in [0.3, 0.4) is 0 Å². The molecule has 7 heteroatoms. The van der Waals surface area contributed by atoms with Crippen molar-refractivity contribution in [2.24, 2.45) is 0 Å². The second-order valence-corrected chi connectivity index (χ2v) is 7.74. The summed E-state index contributed by atoms with van der Waals surface area (Å²) in [7, 11) is 0. The van der Waals surface area contributed by atoms with Crippen molar-refractivity contribution in [3.8, 4) is 0 Å². The van der Waals surface area contributed by atoms with E-state index in [1.807, 2.05) is 17.0 Å². The van der Waals surface area contributed by atoms with Gasteiger partial charge in [0.15, 0.2) is 5.11 Å². The number of aromatic nitrogens is 1. The highest BCUT2D eigenvalue weighted by Gasteiger charge is 2.46. The van der Waals surface area contributed by atoms with E-state index in [1.54, 1.807) is 18.2 Å². The topological polar surface area (TPSA) is 39.3 Å². The molecule has 0 saturated carbocycles. The molecule has 4 nitrogen and oxygen atoms in total. The second-order valence-electron chi connectivity index (χ2n) is 6.53. The Labute approximate surface area is 165 Å². The maximum atomic E-state index is 13.2. The maximum Gasteiger partial charge on any atom is 0.256 e. The van der Waals surface area contributed by atoms with Gasteiger partial charge in [0, 0.05) is 28.0 Å². The molecular weight excluding hydrogens is 389 g/mol. The van der Waals surface area contributed by atoms with E-state index in [9.17, 15) is 4.79 Å². The molecule has 0 bridgehead atoms. The highest BCUT2D eigenvalue weighted by atomic mass is 35.5. The average Bonchev–Trinajstić information content (AvgIpc) is 3.11. The number of para-hydroxylation sites is 1. The summed E-state index contributed by atoms with van der Waals surface area (Å²) in [6.07, 6.45) is 0.618. The molecule has 3 aromatic rings. The van der Waals surface area contributed by atoms with Crippen molar-refractivity contribution < 1.29 is 4.79 Å². The normalized spacial score (nSPS) is 19.2. The minimum Gasteiger partial charge on any atom is -0.357 e. The number of carbonyl (C=O) groups is 1. The van der Waals surface area contributed by atoms with Gasteiger partial charge in [0.2, 0.25) is 0 Å². The fourth-order valence-corrected chi connectivity index (χ4v) is 4.63. The lowest BCUT2D eigenvalue weighted by atomic mass is 9.97. The Morgan fingerprint density at radius 2 is 1.96 bits per heavy atom. The molecule has 1 N–H and O–H groups in total. The molecule has 1 saturated heterocycles. The lowest BCUT2D eigenvalue weighted by molar-refractivity contribution is -0.119. The second kappa shape index (κ2) is 5.71. The molecule has 0 radical (unpaired) electrons. The van der Waals surface area contributed by atoms with Gasteiger partial charge in [-0.2, -0.15) is 0 Å². The van der Waals surface area contributed by atoms with E-state index in [0.29, 0.717) is 33.8 Å². The van der Waals surface area contributed by atoms with Crippen LogP contribution < -0.4 is 4.90 Å². The van der Waals surface area contributed by atoms with Crippen molar-refractivity contribution in [3.05, 3.63) is 63.8 Å². The molecule has 1 fully saturated rings. The van der Waals surface area contributed by atoms with Gasteiger partial charge in [-0.05, 0) is 42.0 Å². The van der Waals surface area contributed by atoms with Gasteiger partial charge in [0.1, 0.15) is 6.04 Å². The summed E-state index contributed by atoms with van der Waals surface area (Å²) in [5.74, 6) is -0.0601. The van der Waals surface area contributed by atoms with Crippen LogP contribution >= 0.6 is 35.4 Å². The smallest absolute Gasteiger partial charge is 0.256 e. The molecule has 5 rings (SSSR count). The molecule has 1 amide bonds. The van der Waals surface area contributed by atoms with Crippen LogP contribution in [0, 0.1) is 0 Å². The van der Waals surface area contributed by atoms with E-state index in [1.165, 1.54) is 15.8 Å². The zero-order chi connectivity index (χ0) is 18.0. The summed E-state index contributed by atoms with van der Waals surface area (Å²) >= 11 is 18.0. The molecule has 0 aliphatic carbocycles. The summed E-state index contributed by atoms with van der Waals surface area (Å²) in [6.45, 7) is 0.577. The zero-order valence-electron chi connectivity index (χ0n) is 13.5. The minimum atomic E-state index is -0.316. The summed E-state index contributed by atoms with van der Waals surface area (Å²) < 4.78 is 0. The van der Waals surface area contributed by atoms with Gasteiger partial charge in [-0.3, -0.25) is 9.69 Å². The Balaban J connectivity index is 1.58. The molecule has 130 valence electrons. The van der Waals surface area contributed by atoms with Crippen molar-refractivity contribution in [1.82, 2.24) is 9.88 Å².